The quantitative estimate of drug-likeness (QED) is 0.883. The van der Waals surface area contributed by atoms with E-state index in [1.165, 1.54) is 6.07 Å². The first-order chi connectivity index (χ1) is 10.0. The highest BCUT2D eigenvalue weighted by molar-refractivity contribution is 9.10. The van der Waals surface area contributed by atoms with Crippen molar-refractivity contribution in [3.05, 3.63) is 57.6 Å². The predicted molar refractivity (Wildman–Crippen MR) is 83.2 cm³/mol. The molecule has 0 aromatic heterocycles. The summed E-state index contributed by atoms with van der Waals surface area (Å²) in [4.78, 5) is 10.9. The summed E-state index contributed by atoms with van der Waals surface area (Å²) in [5.41, 5.74) is 1.94. The fourth-order valence-electron chi connectivity index (χ4n) is 1.96. The van der Waals surface area contributed by atoms with Crippen LogP contribution in [0.1, 0.15) is 21.5 Å². The van der Waals surface area contributed by atoms with Crippen LogP contribution in [-0.2, 0) is 6.61 Å². The van der Waals surface area contributed by atoms with Crippen LogP contribution in [0.15, 0.2) is 40.9 Å². The van der Waals surface area contributed by atoms with Gasteiger partial charge in [0.25, 0.3) is 0 Å². The van der Waals surface area contributed by atoms with Crippen LogP contribution in [-0.4, -0.2) is 18.2 Å². The zero-order chi connectivity index (χ0) is 15.4. The van der Waals surface area contributed by atoms with Crippen molar-refractivity contribution in [1.82, 2.24) is 0 Å². The second-order valence-electron chi connectivity index (χ2n) is 4.53. The van der Waals surface area contributed by atoms with Gasteiger partial charge in [-0.1, -0.05) is 15.9 Å². The molecule has 0 saturated carbocycles. The fourth-order valence-corrected chi connectivity index (χ4v) is 2.37. The summed E-state index contributed by atoms with van der Waals surface area (Å²) in [6.07, 6.45) is 0. The highest BCUT2D eigenvalue weighted by Gasteiger charge is 2.09. The summed E-state index contributed by atoms with van der Waals surface area (Å²) in [5.74, 6) is 0.457. The van der Waals surface area contributed by atoms with Crippen molar-refractivity contribution in [3.63, 3.8) is 0 Å². The molecule has 0 aliphatic heterocycles. The largest absolute Gasteiger partial charge is 0.496 e. The molecular weight excluding hydrogens is 336 g/mol. The Kier molecular flexibility index (Phi) is 4.85. The maximum atomic E-state index is 10.9. The molecule has 0 unspecified atom stereocenters. The molecule has 2 aromatic rings. The van der Waals surface area contributed by atoms with Crippen molar-refractivity contribution >= 4 is 21.9 Å². The average Bonchev–Trinajstić information content (AvgIpc) is 2.46. The molecule has 0 saturated heterocycles. The second kappa shape index (κ2) is 6.63. The van der Waals surface area contributed by atoms with E-state index in [0.29, 0.717) is 12.4 Å². The van der Waals surface area contributed by atoms with Gasteiger partial charge >= 0.3 is 5.97 Å². The zero-order valence-electron chi connectivity index (χ0n) is 11.7. The van der Waals surface area contributed by atoms with Crippen LogP contribution >= 0.6 is 15.9 Å². The third-order valence-electron chi connectivity index (χ3n) is 3.05. The van der Waals surface area contributed by atoms with Gasteiger partial charge in [-0.3, -0.25) is 0 Å². The van der Waals surface area contributed by atoms with Crippen LogP contribution in [0.2, 0.25) is 0 Å². The number of methoxy groups -OCH3 is 1. The summed E-state index contributed by atoms with van der Waals surface area (Å²) >= 11 is 3.42. The van der Waals surface area contributed by atoms with E-state index in [4.69, 9.17) is 14.6 Å². The van der Waals surface area contributed by atoms with Crippen LogP contribution in [0.3, 0.4) is 0 Å². The Morgan fingerprint density at radius 2 is 1.90 bits per heavy atom. The summed E-state index contributed by atoms with van der Waals surface area (Å²) in [5, 5.41) is 8.94. The number of ether oxygens (including phenoxy) is 2. The number of carbonyl (C=O) groups is 1. The summed E-state index contributed by atoms with van der Waals surface area (Å²) in [7, 11) is 1.61. The first kappa shape index (κ1) is 15.4. The van der Waals surface area contributed by atoms with Crippen LogP contribution in [0.25, 0.3) is 0 Å². The van der Waals surface area contributed by atoms with Gasteiger partial charge in [0.15, 0.2) is 0 Å². The van der Waals surface area contributed by atoms with Crippen LogP contribution in [0.5, 0.6) is 11.5 Å². The minimum absolute atomic E-state index is 0.250. The number of halogens is 1. The lowest BCUT2D eigenvalue weighted by Crippen LogP contribution is -2.02. The smallest absolute Gasteiger partial charge is 0.335 e. The lowest BCUT2D eigenvalue weighted by Gasteiger charge is -2.12. The molecule has 5 heteroatoms. The van der Waals surface area contributed by atoms with Crippen LogP contribution < -0.4 is 9.47 Å². The van der Waals surface area contributed by atoms with Gasteiger partial charge in [0.2, 0.25) is 0 Å². The van der Waals surface area contributed by atoms with E-state index in [0.717, 1.165) is 21.3 Å². The Morgan fingerprint density at radius 3 is 2.52 bits per heavy atom. The molecule has 0 fully saturated rings. The normalized spacial score (nSPS) is 10.2. The number of aromatic carboxylic acids is 1. The van der Waals surface area contributed by atoms with E-state index >= 15 is 0 Å². The molecule has 0 aliphatic carbocycles. The Hall–Kier alpha value is -2.01. The molecule has 0 bridgehead atoms. The van der Waals surface area contributed by atoms with Gasteiger partial charge in [-0.2, -0.15) is 0 Å². The summed E-state index contributed by atoms with van der Waals surface area (Å²) in [6.45, 7) is 2.16. The molecule has 110 valence electrons. The average molecular weight is 351 g/mol. The number of benzene rings is 2. The molecule has 2 aromatic carbocycles. The maximum absolute atomic E-state index is 10.9. The van der Waals surface area contributed by atoms with Gasteiger partial charge in [-0.15, -0.1) is 0 Å². The van der Waals surface area contributed by atoms with E-state index in [9.17, 15) is 4.79 Å². The summed E-state index contributed by atoms with van der Waals surface area (Å²) in [6, 6.07) is 10.5. The fraction of sp³-hybridized carbons (Fsp3) is 0.188. The van der Waals surface area contributed by atoms with Crippen LogP contribution in [0, 0.1) is 6.92 Å². The van der Waals surface area contributed by atoms with Crippen molar-refractivity contribution < 1.29 is 19.4 Å². The molecule has 4 nitrogen and oxygen atoms in total. The van der Waals surface area contributed by atoms with Gasteiger partial charge in [0.05, 0.1) is 12.7 Å². The van der Waals surface area contributed by atoms with Gasteiger partial charge in [0.1, 0.15) is 18.1 Å². The molecule has 0 spiro atoms. The Labute approximate surface area is 131 Å². The monoisotopic (exact) mass is 350 g/mol. The third kappa shape index (κ3) is 3.76. The van der Waals surface area contributed by atoms with E-state index in [2.05, 4.69) is 15.9 Å². The molecule has 0 aliphatic rings. The van der Waals surface area contributed by atoms with Crippen molar-refractivity contribution in [2.24, 2.45) is 0 Å². The third-order valence-corrected chi connectivity index (χ3v) is 3.54. The van der Waals surface area contributed by atoms with Crippen molar-refractivity contribution in [2.45, 2.75) is 13.5 Å². The van der Waals surface area contributed by atoms with Crippen molar-refractivity contribution in [3.8, 4) is 11.5 Å². The van der Waals surface area contributed by atoms with E-state index in [-0.39, 0.29) is 5.56 Å². The Morgan fingerprint density at radius 1 is 1.19 bits per heavy atom. The maximum Gasteiger partial charge on any atom is 0.335 e. The SMILES string of the molecule is COc1ccc(Br)cc1COc1ccc(C(=O)O)cc1C. The van der Waals surface area contributed by atoms with Crippen molar-refractivity contribution in [2.75, 3.05) is 7.11 Å². The van der Waals surface area contributed by atoms with Gasteiger partial charge in [-0.25, -0.2) is 4.79 Å². The first-order valence-corrected chi connectivity index (χ1v) is 7.09. The predicted octanol–water partition coefficient (Wildman–Crippen LogP) is 4.04. The Bertz CT molecular complexity index is 667. The van der Waals surface area contributed by atoms with Crippen molar-refractivity contribution in [1.29, 1.82) is 0 Å². The van der Waals surface area contributed by atoms with Gasteiger partial charge in [-0.05, 0) is 48.9 Å². The summed E-state index contributed by atoms with van der Waals surface area (Å²) < 4.78 is 12.0. The van der Waals surface area contributed by atoms with E-state index in [1.54, 1.807) is 19.2 Å². The molecule has 0 heterocycles. The number of hydrogen-bond donors (Lipinski definition) is 1. The molecule has 1 N–H and O–H groups in total. The number of hydrogen-bond acceptors (Lipinski definition) is 3. The molecule has 21 heavy (non-hydrogen) atoms. The lowest BCUT2D eigenvalue weighted by molar-refractivity contribution is 0.0696. The highest BCUT2D eigenvalue weighted by atomic mass is 79.9. The van der Waals surface area contributed by atoms with E-state index in [1.807, 2.05) is 25.1 Å². The molecule has 0 atom stereocenters. The minimum Gasteiger partial charge on any atom is -0.496 e. The number of rotatable bonds is 5. The molecule has 0 amide bonds. The first-order valence-electron chi connectivity index (χ1n) is 6.30. The van der Waals surface area contributed by atoms with Crippen LogP contribution in [0.4, 0.5) is 0 Å². The minimum atomic E-state index is -0.946. The van der Waals surface area contributed by atoms with E-state index < -0.39 is 5.97 Å². The van der Waals surface area contributed by atoms with Gasteiger partial charge in [0, 0.05) is 10.0 Å². The number of aryl methyl sites for hydroxylation is 1. The van der Waals surface area contributed by atoms with Gasteiger partial charge < -0.3 is 14.6 Å². The zero-order valence-corrected chi connectivity index (χ0v) is 13.3. The number of carboxylic acids is 1. The lowest BCUT2D eigenvalue weighted by atomic mass is 10.1. The number of carboxylic acid groups (broad SMARTS) is 1. The Balaban J connectivity index is 2.17. The topological polar surface area (TPSA) is 55.8 Å². The molecule has 0 radical (unpaired) electrons. The molecule has 2 rings (SSSR count). The highest BCUT2D eigenvalue weighted by Crippen LogP contribution is 2.26. The standard InChI is InChI=1S/C16H15BrO4/c1-10-7-11(16(18)19)3-5-14(10)21-9-12-8-13(17)4-6-15(12)20-2/h3-8H,9H2,1-2H3,(H,18,19). The second-order valence-corrected chi connectivity index (χ2v) is 5.45. The molecular formula is C16H15BrO4.